The summed E-state index contributed by atoms with van der Waals surface area (Å²) in [6.45, 7) is 8.23. The molecule has 0 aromatic heterocycles. The molecule has 0 saturated heterocycles. The van der Waals surface area contributed by atoms with Gasteiger partial charge in [-0.2, -0.15) is 0 Å². The monoisotopic (exact) mass is 557 g/mol. The molecule has 0 spiro atoms. The summed E-state index contributed by atoms with van der Waals surface area (Å²) in [7, 11) is 0. The molecule has 8 N–H and O–H groups in total. The minimum atomic E-state index is -1.39. The third kappa shape index (κ3) is 13.5. The molecule has 1 rings (SSSR count). The van der Waals surface area contributed by atoms with Crippen LogP contribution < -0.4 is 27.4 Å². The largest absolute Gasteiger partial charge is 0.481 e. The Morgan fingerprint density at radius 1 is 1.03 bits per heavy atom. The van der Waals surface area contributed by atoms with E-state index in [0.717, 1.165) is 6.92 Å². The van der Waals surface area contributed by atoms with Gasteiger partial charge in [-0.25, -0.2) is 0 Å². The summed E-state index contributed by atoms with van der Waals surface area (Å²) in [6.07, 6.45) is 3.38. The summed E-state index contributed by atoms with van der Waals surface area (Å²) in [5, 5.41) is 15.3. The second kappa shape index (κ2) is 18.3. The molecule has 224 valence electrons. The Kier molecular flexibility index (Phi) is 16.8. The minimum absolute atomic E-state index is 0.141. The molecule has 3 amide bonds. The Balaban J connectivity index is 0.00000336. The van der Waals surface area contributed by atoms with Crippen molar-refractivity contribution in [2.24, 2.45) is 23.3 Å². The smallest absolute Gasteiger partial charge is 0.326 e. The molecule has 1 fully saturated rings. The molecule has 13 heteroatoms. The first-order valence-electron chi connectivity index (χ1n) is 13.4. The first-order chi connectivity index (χ1) is 18.2. The molecular weight excluding hydrogens is 510 g/mol. The Hall–Kier alpha value is -3.06. The minimum Gasteiger partial charge on any atom is -0.481 e. The zero-order valence-electron chi connectivity index (χ0n) is 23.8. The number of unbranched alkanes of at least 4 members (excludes halogenated alkanes) is 1. The average Bonchev–Trinajstić information content (AvgIpc) is 3.23. The number of hydrogen-bond acceptors (Lipinski definition) is 9. The summed E-state index contributed by atoms with van der Waals surface area (Å²) in [5.41, 5.74) is 10.4. The van der Waals surface area contributed by atoms with Crippen LogP contribution in [0, 0.1) is 11.8 Å². The number of rotatable bonds is 15. The molecule has 39 heavy (non-hydrogen) atoms. The third-order valence-electron chi connectivity index (χ3n) is 6.17. The second-order valence-electron chi connectivity index (χ2n) is 10.1. The van der Waals surface area contributed by atoms with E-state index in [1.807, 2.05) is 13.8 Å². The van der Waals surface area contributed by atoms with Gasteiger partial charge in [-0.05, 0) is 57.9 Å². The first-order valence-corrected chi connectivity index (χ1v) is 13.4. The van der Waals surface area contributed by atoms with E-state index in [2.05, 4.69) is 16.0 Å². The lowest BCUT2D eigenvalue weighted by Gasteiger charge is -2.28. The molecular formula is C26H47N5O8. The van der Waals surface area contributed by atoms with Crippen molar-refractivity contribution in [3.05, 3.63) is 0 Å². The maximum atomic E-state index is 12.9. The van der Waals surface area contributed by atoms with Crippen LogP contribution >= 0.6 is 0 Å². The molecule has 0 heterocycles. The zero-order chi connectivity index (χ0) is 30.2. The van der Waals surface area contributed by atoms with Crippen LogP contribution in [0.3, 0.4) is 0 Å². The van der Waals surface area contributed by atoms with Crippen molar-refractivity contribution in [1.29, 1.82) is 0 Å². The van der Waals surface area contributed by atoms with Gasteiger partial charge < -0.3 is 37.3 Å². The van der Waals surface area contributed by atoms with Crippen molar-refractivity contribution in [3.63, 3.8) is 0 Å². The third-order valence-corrected chi connectivity index (χ3v) is 6.17. The summed E-state index contributed by atoms with van der Waals surface area (Å²) in [4.78, 5) is 71.6. The van der Waals surface area contributed by atoms with E-state index in [9.17, 15) is 24.0 Å². The lowest BCUT2D eigenvalue weighted by molar-refractivity contribution is -0.153. The molecule has 1 saturated carbocycles. The van der Waals surface area contributed by atoms with Gasteiger partial charge in [0.15, 0.2) is 5.78 Å². The van der Waals surface area contributed by atoms with Crippen LogP contribution in [0.15, 0.2) is 0 Å². The van der Waals surface area contributed by atoms with Gasteiger partial charge >= 0.3 is 5.97 Å². The van der Waals surface area contributed by atoms with Gasteiger partial charge in [0.05, 0.1) is 13.2 Å². The fourth-order valence-electron chi connectivity index (χ4n) is 4.39. The van der Waals surface area contributed by atoms with Gasteiger partial charge in [0, 0.05) is 19.8 Å². The number of nitrogens with one attached hydrogen (secondary N) is 3. The highest BCUT2D eigenvalue weighted by molar-refractivity contribution is 5.96. The number of amides is 3. The van der Waals surface area contributed by atoms with Crippen molar-refractivity contribution in [3.8, 4) is 0 Å². The summed E-state index contributed by atoms with van der Waals surface area (Å²) >= 11 is 0. The van der Waals surface area contributed by atoms with Crippen molar-refractivity contribution >= 4 is 35.4 Å². The quantitative estimate of drug-likeness (QED) is 0.117. The number of carbonyl (C=O) groups excluding carboxylic acids is 5. The predicted molar refractivity (Wildman–Crippen MR) is 144 cm³/mol. The number of nitrogens with two attached hydrogens (primary N) is 2. The maximum Gasteiger partial charge on any atom is 0.326 e. The Labute approximate surface area is 230 Å². The summed E-state index contributed by atoms with van der Waals surface area (Å²) in [5.74, 6) is -3.73. The molecule has 2 unspecified atom stereocenters. The number of esters is 1. The van der Waals surface area contributed by atoms with Crippen LogP contribution in [-0.4, -0.2) is 77.9 Å². The SMILES string of the molecule is CC(=O)O.CCOC(=O)C1(N)CCCC1C(=O)CNC(=O)[C@H](CCCCN)NC(=O)[C@H](CC(C)C)NC(C)=O. The molecule has 0 aromatic rings. The van der Waals surface area contributed by atoms with Crippen LogP contribution in [-0.2, 0) is 33.5 Å². The van der Waals surface area contributed by atoms with E-state index >= 15 is 0 Å². The van der Waals surface area contributed by atoms with Crippen molar-refractivity contribution in [2.75, 3.05) is 19.7 Å². The number of aliphatic carboxylic acids is 1. The Morgan fingerprint density at radius 2 is 1.64 bits per heavy atom. The Bertz CT molecular complexity index is 846. The molecule has 0 aromatic carbocycles. The van der Waals surface area contributed by atoms with E-state index in [4.69, 9.17) is 26.1 Å². The molecule has 0 aliphatic heterocycles. The van der Waals surface area contributed by atoms with Crippen LogP contribution in [0.4, 0.5) is 0 Å². The fourth-order valence-corrected chi connectivity index (χ4v) is 4.39. The van der Waals surface area contributed by atoms with E-state index in [1.54, 1.807) is 6.92 Å². The lowest BCUT2D eigenvalue weighted by atomic mass is 9.84. The van der Waals surface area contributed by atoms with Crippen molar-refractivity contribution in [1.82, 2.24) is 16.0 Å². The van der Waals surface area contributed by atoms with Gasteiger partial charge in [-0.15, -0.1) is 0 Å². The van der Waals surface area contributed by atoms with Crippen LogP contribution in [0.5, 0.6) is 0 Å². The molecule has 4 atom stereocenters. The van der Waals surface area contributed by atoms with E-state index in [-0.39, 0.29) is 30.8 Å². The van der Waals surface area contributed by atoms with Gasteiger partial charge in [0.25, 0.3) is 5.97 Å². The highest BCUT2D eigenvalue weighted by Crippen LogP contribution is 2.35. The normalized spacial score (nSPS) is 19.6. The van der Waals surface area contributed by atoms with E-state index in [1.165, 1.54) is 6.92 Å². The first kappa shape index (κ1) is 35.9. The van der Waals surface area contributed by atoms with Crippen LogP contribution in [0.25, 0.3) is 0 Å². The number of Topliss-reactive ketones (excluding diaryl/α,β-unsaturated/α-hetero) is 1. The fraction of sp³-hybridized carbons (Fsp3) is 0.769. The molecule has 13 nitrogen and oxygen atoms in total. The van der Waals surface area contributed by atoms with E-state index in [0.29, 0.717) is 51.5 Å². The molecule has 0 radical (unpaired) electrons. The zero-order valence-corrected chi connectivity index (χ0v) is 23.8. The Morgan fingerprint density at radius 3 is 2.15 bits per heavy atom. The van der Waals surface area contributed by atoms with Gasteiger partial charge in [0.1, 0.15) is 17.6 Å². The number of ketones is 1. The number of carboxylic acids is 1. The lowest BCUT2D eigenvalue weighted by Crippen LogP contribution is -2.57. The molecule has 1 aliphatic rings. The van der Waals surface area contributed by atoms with Crippen LogP contribution in [0.2, 0.25) is 0 Å². The van der Waals surface area contributed by atoms with Gasteiger partial charge in [0.2, 0.25) is 17.7 Å². The number of ether oxygens (including phenoxy) is 1. The molecule has 0 bridgehead atoms. The van der Waals surface area contributed by atoms with E-state index < -0.39 is 47.3 Å². The average molecular weight is 558 g/mol. The number of hydrogen-bond donors (Lipinski definition) is 6. The van der Waals surface area contributed by atoms with Gasteiger partial charge in [-0.1, -0.05) is 20.3 Å². The summed E-state index contributed by atoms with van der Waals surface area (Å²) in [6, 6.07) is -1.68. The highest BCUT2D eigenvalue weighted by Gasteiger charge is 2.50. The molecule has 1 aliphatic carbocycles. The van der Waals surface area contributed by atoms with Crippen molar-refractivity contribution in [2.45, 2.75) is 97.2 Å². The van der Waals surface area contributed by atoms with Crippen LogP contribution in [0.1, 0.15) is 79.6 Å². The highest BCUT2D eigenvalue weighted by atomic mass is 16.5. The standard InChI is InChI=1S/C24H43N5O6.C2H4O2/c1-5-35-23(34)24(26)11-8-9-17(24)20(31)14-27-21(32)18(10-6-7-12-25)29-22(33)19(13-15(2)3)28-16(4)30;1-2(3)4/h15,17-19H,5-14,25-26H2,1-4H3,(H,27,32)(H,28,30)(H,29,33);1H3,(H,3,4)/t17?,18-,19-,24?;/m0./s1. The number of carboxylic acid groups (broad SMARTS) is 1. The summed E-state index contributed by atoms with van der Waals surface area (Å²) < 4.78 is 5.06. The topological polar surface area (TPSA) is 220 Å². The second-order valence-corrected chi connectivity index (χ2v) is 10.1. The predicted octanol–water partition coefficient (Wildman–Crippen LogP) is -0.0121. The number of carbonyl (C=O) groups is 6. The van der Waals surface area contributed by atoms with Gasteiger partial charge in [-0.3, -0.25) is 28.8 Å². The maximum absolute atomic E-state index is 12.9. The van der Waals surface area contributed by atoms with Crippen molar-refractivity contribution < 1.29 is 38.6 Å².